The van der Waals surface area contributed by atoms with E-state index in [1.54, 1.807) is 42.5 Å². The van der Waals surface area contributed by atoms with Gasteiger partial charge in [-0.25, -0.2) is 13.2 Å². The van der Waals surface area contributed by atoms with Crippen LogP contribution in [0, 0.1) is 0 Å². The van der Waals surface area contributed by atoms with Gasteiger partial charge in [0, 0.05) is 31.9 Å². The summed E-state index contributed by atoms with van der Waals surface area (Å²) in [6.07, 6.45) is 0.000594. The molecule has 4 rings (SSSR count). The zero-order chi connectivity index (χ0) is 23.8. The van der Waals surface area contributed by atoms with E-state index < -0.39 is 28.3 Å². The summed E-state index contributed by atoms with van der Waals surface area (Å²) < 4.78 is 39.3. The molecule has 11 heteroatoms. The number of aromatic nitrogens is 1. The second kappa shape index (κ2) is 8.91. The number of benzene rings is 2. The topological polar surface area (TPSA) is 122 Å². The number of hydrogen-bond acceptors (Lipinski definition) is 7. The van der Waals surface area contributed by atoms with Crippen LogP contribution in [0.15, 0.2) is 56.6 Å². The van der Waals surface area contributed by atoms with Crippen LogP contribution in [-0.2, 0) is 21.4 Å². The molecule has 0 unspecified atom stereocenters. The molecule has 0 atom stereocenters. The number of piperazine rings is 1. The van der Waals surface area contributed by atoms with Crippen LogP contribution in [-0.4, -0.2) is 60.6 Å². The van der Waals surface area contributed by atoms with Crippen LogP contribution in [0.25, 0.3) is 11.1 Å². The van der Waals surface area contributed by atoms with Gasteiger partial charge in [0.15, 0.2) is 5.58 Å². The maximum absolute atomic E-state index is 13.0. The zero-order valence-electron chi connectivity index (χ0n) is 18.3. The summed E-state index contributed by atoms with van der Waals surface area (Å²) in [5.74, 6) is -1.26. The molecule has 1 aliphatic heterocycles. The number of fused-ring (bicyclic) bond motifs is 1. The zero-order valence-corrected chi connectivity index (χ0v) is 19.1. The number of ether oxygens (including phenoxy) is 1. The van der Waals surface area contributed by atoms with E-state index in [1.807, 2.05) is 18.7 Å². The Kier molecular flexibility index (Phi) is 6.17. The highest BCUT2D eigenvalue weighted by Gasteiger charge is 2.29. The highest BCUT2D eigenvalue weighted by atomic mass is 32.2. The minimum Gasteiger partial charge on any atom is -0.491 e. The molecular formula is C22H25N3O7S. The van der Waals surface area contributed by atoms with Crippen molar-refractivity contribution in [3.05, 3.63) is 53.0 Å². The molecule has 1 saturated heterocycles. The van der Waals surface area contributed by atoms with E-state index in [2.05, 4.69) is 0 Å². The Morgan fingerprint density at radius 3 is 2.36 bits per heavy atom. The Bertz CT molecular complexity index is 1320. The van der Waals surface area contributed by atoms with Crippen LogP contribution >= 0.6 is 0 Å². The van der Waals surface area contributed by atoms with E-state index >= 15 is 0 Å². The summed E-state index contributed by atoms with van der Waals surface area (Å²) >= 11 is 0. The van der Waals surface area contributed by atoms with Crippen LogP contribution in [0.5, 0.6) is 5.75 Å². The fourth-order valence-corrected chi connectivity index (χ4v) is 5.25. The average Bonchev–Trinajstić information content (AvgIpc) is 3.07. The molecule has 0 amide bonds. The van der Waals surface area contributed by atoms with Gasteiger partial charge in [-0.3, -0.25) is 9.36 Å². The Morgan fingerprint density at radius 2 is 1.76 bits per heavy atom. The number of sulfonamides is 1. The molecule has 176 valence electrons. The van der Waals surface area contributed by atoms with Crippen LogP contribution < -0.4 is 15.4 Å². The third-order valence-electron chi connectivity index (χ3n) is 5.38. The summed E-state index contributed by atoms with van der Waals surface area (Å²) in [4.78, 5) is 25.2. The molecule has 0 saturated carbocycles. The second-order valence-corrected chi connectivity index (χ2v) is 9.97. The summed E-state index contributed by atoms with van der Waals surface area (Å²) in [6.45, 7) is 4.78. The Balaban J connectivity index is 1.48. The van der Waals surface area contributed by atoms with Crippen molar-refractivity contribution >= 4 is 32.8 Å². The van der Waals surface area contributed by atoms with E-state index in [1.165, 1.54) is 4.31 Å². The molecular weight excluding hydrogens is 450 g/mol. The number of carboxylic acid groups (broad SMARTS) is 1. The van der Waals surface area contributed by atoms with Gasteiger partial charge < -0.3 is 19.2 Å². The fourth-order valence-electron chi connectivity index (χ4n) is 3.83. The molecule has 33 heavy (non-hydrogen) atoms. The van der Waals surface area contributed by atoms with Crippen molar-refractivity contribution in [3.63, 3.8) is 0 Å². The van der Waals surface area contributed by atoms with Crippen molar-refractivity contribution in [3.8, 4) is 5.75 Å². The van der Waals surface area contributed by atoms with Gasteiger partial charge in [0.1, 0.15) is 12.3 Å². The molecule has 0 aliphatic carbocycles. The summed E-state index contributed by atoms with van der Waals surface area (Å²) in [6, 6.07) is 11.5. The average molecular weight is 476 g/mol. The number of oxazole rings is 1. The number of nitrogens with zero attached hydrogens (tertiary/aromatic N) is 3. The minimum atomic E-state index is -3.64. The molecule has 0 spiro atoms. The van der Waals surface area contributed by atoms with Crippen molar-refractivity contribution in [1.29, 1.82) is 0 Å². The van der Waals surface area contributed by atoms with E-state index in [0.29, 0.717) is 29.9 Å². The summed E-state index contributed by atoms with van der Waals surface area (Å²) in [5, 5.41) is 9.06. The first-order valence-electron chi connectivity index (χ1n) is 10.5. The van der Waals surface area contributed by atoms with Gasteiger partial charge >= 0.3 is 11.7 Å². The lowest BCUT2D eigenvalue weighted by Crippen LogP contribution is -2.48. The van der Waals surface area contributed by atoms with Gasteiger partial charge in [-0.15, -0.1) is 0 Å². The van der Waals surface area contributed by atoms with Gasteiger partial charge in [-0.2, -0.15) is 4.31 Å². The monoisotopic (exact) mass is 475 g/mol. The molecule has 10 nitrogen and oxygen atoms in total. The maximum atomic E-state index is 13.0. The van der Waals surface area contributed by atoms with Crippen molar-refractivity contribution in [1.82, 2.24) is 8.87 Å². The van der Waals surface area contributed by atoms with Gasteiger partial charge in [0.05, 0.1) is 16.5 Å². The SMILES string of the molecule is CC(C)Oc1ccc(S(=O)(=O)N2CCN(c3ccc4oc(=O)n(CC(=O)O)c4c3)CC2)cc1. The second-order valence-electron chi connectivity index (χ2n) is 8.03. The van der Waals surface area contributed by atoms with E-state index in [-0.39, 0.29) is 24.1 Å². The van der Waals surface area contributed by atoms with E-state index in [4.69, 9.17) is 14.3 Å². The highest BCUT2D eigenvalue weighted by molar-refractivity contribution is 7.89. The molecule has 0 radical (unpaired) electrons. The molecule has 2 heterocycles. The van der Waals surface area contributed by atoms with Gasteiger partial charge in [0.25, 0.3) is 0 Å². The summed E-state index contributed by atoms with van der Waals surface area (Å²) in [5.41, 5.74) is 1.45. The molecule has 0 bridgehead atoms. The van der Waals surface area contributed by atoms with Crippen molar-refractivity contribution < 1.29 is 27.5 Å². The Morgan fingerprint density at radius 1 is 1.09 bits per heavy atom. The van der Waals surface area contributed by atoms with Crippen LogP contribution in [0.4, 0.5) is 5.69 Å². The van der Waals surface area contributed by atoms with Crippen LogP contribution in [0.2, 0.25) is 0 Å². The normalized spacial score (nSPS) is 15.3. The molecule has 1 fully saturated rings. The number of carbonyl (C=O) groups is 1. The largest absolute Gasteiger partial charge is 0.491 e. The van der Waals surface area contributed by atoms with E-state index in [9.17, 15) is 18.0 Å². The van der Waals surface area contributed by atoms with Crippen LogP contribution in [0.3, 0.4) is 0 Å². The number of rotatable bonds is 7. The van der Waals surface area contributed by atoms with Crippen LogP contribution in [0.1, 0.15) is 13.8 Å². The van der Waals surface area contributed by atoms with Gasteiger partial charge in [-0.1, -0.05) is 0 Å². The lowest BCUT2D eigenvalue weighted by atomic mass is 10.2. The quantitative estimate of drug-likeness (QED) is 0.550. The molecule has 1 aromatic heterocycles. The number of anilines is 1. The van der Waals surface area contributed by atoms with Gasteiger partial charge in [-0.05, 0) is 56.3 Å². The predicted octanol–water partition coefficient (Wildman–Crippen LogP) is 1.98. The molecule has 1 aliphatic rings. The van der Waals surface area contributed by atoms with E-state index in [0.717, 1.165) is 10.3 Å². The number of aliphatic carboxylic acids is 1. The van der Waals surface area contributed by atoms with Crippen molar-refractivity contribution in [2.75, 3.05) is 31.1 Å². The van der Waals surface area contributed by atoms with Gasteiger partial charge in [0.2, 0.25) is 10.0 Å². The maximum Gasteiger partial charge on any atom is 0.420 e. The molecule has 1 N–H and O–H groups in total. The molecule has 2 aromatic carbocycles. The van der Waals surface area contributed by atoms with Crippen molar-refractivity contribution in [2.24, 2.45) is 0 Å². The Hall–Kier alpha value is -3.31. The number of hydrogen-bond donors (Lipinski definition) is 1. The third kappa shape index (κ3) is 4.74. The highest BCUT2D eigenvalue weighted by Crippen LogP contribution is 2.25. The minimum absolute atomic E-state index is 0.000594. The lowest BCUT2D eigenvalue weighted by Gasteiger charge is -2.35. The first-order valence-corrected chi connectivity index (χ1v) is 12.0. The lowest BCUT2D eigenvalue weighted by molar-refractivity contribution is -0.137. The smallest absolute Gasteiger partial charge is 0.420 e. The first-order chi connectivity index (χ1) is 15.6. The fraction of sp³-hybridized carbons (Fsp3) is 0.364. The van der Waals surface area contributed by atoms with Crippen molar-refractivity contribution in [2.45, 2.75) is 31.4 Å². The first kappa shape index (κ1) is 22.9. The number of carboxylic acids is 1. The molecule has 3 aromatic rings. The predicted molar refractivity (Wildman–Crippen MR) is 121 cm³/mol. The third-order valence-corrected chi connectivity index (χ3v) is 7.29. The summed E-state index contributed by atoms with van der Waals surface area (Å²) in [7, 11) is -3.64. The Labute approximate surface area is 190 Å². The standard InChI is InChI=1S/C22H25N3O7S/c1-15(2)31-17-4-6-18(7-5-17)33(29,30)24-11-9-23(10-12-24)16-3-8-20-19(13-16)25(14-21(26)27)22(28)32-20/h3-8,13,15H,9-12,14H2,1-2H3,(H,26,27).